The van der Waals surface area contributed by atoms with Gasteiger partial charge in [0.25, 0.3) is 5.91 Å². The van der Waals surface area contributed by atoms with Gasteiger partial charge in [0.05, 0.1) is 6.61 Å². The number of ether oxygens (including phenoxy) is 1. The average molecular weight is 298 g/mol. The molecular formula is C18H22N2O2. The van der Waals surface area contributed by atoms with E-state index >= 15 is 0 Å². The molecule has 2 aromatic rings. The van der Waals surface area contributed by atoms with Gasteiger partial charge in [-0.25, -0.2) is 0 Å². The van der Waals surface area contributed by atoms with Crippen molar-refractivity contribution in [3.05, 3.63) is 65.2 Å². The van der Waals surface area contributed by atoms with Crippen LogP contribution in [-0.4, -0.2) is 19.6 Å². The van der Waals surface area contributed by atoms with Crippen molar-refractivity contribution in [1.29, 1.82) is 0 Å². The Morgan fingerprint density at radius 1 is 0.955 bits per heavy atom. The molecule has 1 amide bonds. The molecule has 0 saturated carbocycles. The van der Waals surface area contributed by atoms with Crippen LogP contribution in [0.5, 0.6) is 5.75 Å². The van der Waals surface area contributed by atoms with Gasteiger partial charge in [-0.05, 0) is 42.3 Å². The van der Waals surface area contributed by atoms with Crippen molar-refractivity contribution in [3.8, 4) is 5.75 Å². The van der Waals surface area contributed by atoms with E-state index in [0.29, 0.717) is 12.2 Å². The third-order valence-electron chi connectivity index (χ3n) is 3.34. The van der Waals surface area contributed by atoms with Crippen LogP contribution in [0.4, 0.5) is 0 Å². The zero-order valence-corrected chi connectivity index (χ0v) is 13.1. The fraction of sp³-hybridized carbons (Fsp3) is 0.278. The van der Waals surface area contributed by atoms with Gasteiger partial charge >= 0.3 is 0 Å². The van der Waals surface area contributed by atoms with Crippen molar-refractivity contribution < 1.29 is 9.53 Å². The number of benzene rings is 2. The summed E-state index contributed by atoms with van der Waals surface area (Å²) in [6, 6.07) is 15.7. The minimum absolute atomic E-state index is 0.0612. The van der Waals surface area contributed by atoms with Gasteiger partial charge in [0.1, 0.15) is 5.75 Å². The lowest BCUT2D eigenvalue weighted by molar-refractivity contribution is 0.0963. The molecule has 0 aromatic heterocycles. The van der Waals surface area contributed by atoms with Crippen LogP contribution in [0.1, 0.15) is 28.4 Å². The summed E-state index contributed by atoms with van der Waals surface area (Å²) >= 11 is 0. The van der Waals surface area contributed by atoms with Crippen molar-refractivity contribution in [3.63, 3.8) is 0 Å². The quantitative estimate of drug-likeness (QED) is 0.826. The Morgan fingerprint density at radius 2 is 1.50 bits per heavy atom. The minimum Gasteiger partial charge on any atom is -0.494 e. The molecule has 2 N–H and O–H groups in total. The molecule has 22 heavy (non-hydrogen) atoms. The predicted molar refractivity (Wildman–Crippen MR) is 88.0 cm³/mol. The number of nitrogens with one attached hydrogen (secondary N) is 2. The van der Waals surface area contributed by atoms with Crippen LogP contribution in [0, 0.1) is 0 Å². The van der Waals surface area contributed by atoms with E-state index in [2.05, 4.69) is 22.8 Å². The van der Waals surface area contributed by atoms with Gasteiger partial charge in [0.2, 0.25) is 0 Å². The van der Waals surface area contributed by atoms with Crippen LogP contribution in [-0.2, 0) is 13.1 Å². The first-order valence-electron chi connectivity index (χ1n) is 7.46. The molecule has 2 aromatic carbocycles. The van der Waals surface area contributed by atoms with E-state index in [1.807, 2.05) is 43.3 Å². The van der Waals surface area contributed by atoms with E-state index in [1.54, 1.807) is 7.05 Å². The highest BCUT2D eigenvalue weighted by Crippen LogP contribution is 2.12. The molecule has 0 bridgehead atoms. The second-order valence-electron chi connectivity index (χ2n) is 4.96. The first-order chi connectivity index (χ1) is 10.7. The molecule has 0 saturated heterocycles. The SMILES string of the molecule is CCOc1ccc(CNCc2ccc(C(=O)NC)cc2)cc1. The average Bonchev–Trinajstić information content (AvgIpc) is 2.56. The molecule has 0 aliphatic rings. The Balaban J connectivity index is 1.81. The molecule has 2 rings (SSSR count). The predicted octanol–water partition coefficient (Wildman–Crippen LogP) is 2.73. The van der Waals surface area contributed by atoms with E-state index in [9.17, 15) is 4.79 Å². The Kier molecular flexibility index (Phi) is 5.98. The number of rotatable bonds is 7. The molecule has 0 heterocycles. The summed E-state index contributed by atoms with van der Waals surface area (Å²) in [6.45, 7) is 4.22. The first-order valence-corrected chi connectivity index (χ1v) is 7.46. The van der Waals surface area contributed by atoms with Crippen molar-refractivity contribution in [2.45, 2.75) is 20.0 Å². The zero-order chi connectivity index (χ0) is 15.8. The van der Waals surface area contributed by atoms with E-state index in [4.69, 9.17) is 4.74 Å². The van der Waals surface area contributed by atoms with Crippen LogP contribution >= 0.6 is 0 Å². The topological polar surface area (TPSA) is 50.4 Å². The third kappa shape index (κ3) is 4.60. The smallest absolute Gasteiger partial charge is 0.251 e. The molecule has 4 nitrogen and oxygen atoms in total. The molecule has 0 aliphatic heterocycles. The Bertz CT molecular complexity index is 591. The Hall–Kier alpha value is -2.33. The lowest BCUT2D eigenvalue weighted by Crippen LogP contribution is -2.18. The highest BCUT2D eigenvalue weighted by Gasteiger charge is 2.02. The van der Waals surface area contributed by atoms with Gasteiger partial charge in [-0.2, -0.15) is 0 Å². The van der Waals surface area contributed by atoms with Crippen LogP contribution in [0.15, 0.2) is 48.5 Å². The highest BCUT2D eigenvalue weighted by molar-refractivity contribution is 5.93. The maximum absolute atomic E-state index is 11.5. The molecule has 0 unspecified atom stereocenters. The van der Waals surface area contributed by atoms with Crippen LogP contribution < -0.4 is 15.4 Å². The molecule has 0 fully saturated rings. The molecule has 0 atom stereocenters. The standard InChI is InChI=1S/C18H22N2O2/c1-3-22-17-10-6-15(7-11-17)13-20-12-14-4-8-16(9-5-14)18(21)19-2/h4-11,20H,3,12-13H2,1-2H3,(H,19,21). The molecule has 0 radical (unpaired) electrons. The fourth-order valence-electron chi connectivity index (χ4n) is 2.14. The van der Waals surface area contributed by atoms with Gasteiger partial charge in [0, 0.05) is 25.7 Å². The number of hydrogen-bond acceptors (Lipinski definition) is 3. The van der Waals surface area contributed by atoms with Crippen LogP contribution in [0.3, 0.4) is 0 Å². The number of amides is 1. The van der Waals surface area contributed by atoms with Crippen molar-refractivity contribution in [1.82, 2.24) is 10.6 Å². The third-order valence-corrected chi connectivity index (χ3v) is 3.34. The second-order valence-corrected chi connectivity index (χ2v) is 4.96. The van der Waals surface area contributed by atoms with E-state index in [0.717, 1.165) is 24.4 Å². The molecule has 116 valence electrons. The molecule has 0 aliphatic carbocycles. The van der Waals surface area contributed by atoms with E-state index in [1.165, 1.54) is 5.56 Å². The minimum atomic E-state index is -0.0612. The van der Waals surface area contributed by atoms with Crippen LogP contribution in [0.2, 0.25) is 0 Å². The molecule has 4 heteroatoms. The van der Waals surface area contributed by atoms with Gasteiger partial charge in [-0.1, -0.05) is 24.3 Å². The Labute approximate surface area is 131 Å². The first kappa shape index (κ1) is 16.0. The van der Waals surface area contributed by atoms with Gasteiger partial charge in [0.15, 0.2) is 0 Å². The number of hydrogen-bond donors (Lipinski definition) is 2. The summed E-state index contributed by atoms with van der Waals surface area (Å²) in [6.07, 6.45) is 0. The fourth-order valence-corrected chi connectivity index (χ4v) is 2.14. The monoisotopic (exact) mass is 298 g/mol. The lowest BCUT2D eigenvalue weighted by atomic mass is 10.1. The summed E-state index contributed by atoms with van der Waals surface area (Å²) in [5, 5.41) is 6.00. The van der Waals surface area contributed by atoms with Crippen molar-refractivity contribution >= 4 is 5.91 Å². The number of carbonyl (C=O) groups is 1. The van der Waals surface area contributed by atoms with Gasteiger partial charge in [-0.3, -0.25) is 4.79 Å². The summed E-state index contributed by atoms with van der Waals surface area (Å²) in [5.41, 5.74) is 3.04. The largest absolute Gasteiger partial charge is 0.494 e. The summed E-state index contributed by atoms with van der Waals surface area (Å²) < 4.78 is 5.42. The molecule has 0 spiro atoms. The highest BCUT2D eigenvalue weighted by atomic mass is 16.5. The van der Waals surface area contributed by atoms with Crippen LogP contribution in [0.25, 0.3) is 0 Å². The van der Waals surface area contributed by atoms with Crippen molar-refractivity contribution in [2.75, 3.05) is 13.7 Å². The Morgan fingerprint density at radius 3 is 2.00 bits per heavy atom. The van der Waals surface area contributed by atoms with Gasteiger partial charge < -0.3 is 15.4 Å². The van der Waals surface area contributed by atoms with Crippen molar-refractivity contribution in [2.24, 2.45) is 0 Å². The number of carbonyl (C=O) groups excluding carboxylic acids is 1. The second kappa shape index (κ2) is 8.20. The zero-order valence-electron chi connectivity index (χ0n) is 13.1. The maximum Gasteiger partial charge on any atom is 0.251 e. The summed E-state index contributed by atoms with van der Waals surface area (Å²) in [4.78, 5) is 11.5. The molecular weight excluding hydrogens is 276 g/mol. The maximum atomic E-state index is 11.5. The summed E-state index contributed by atoms with van der Waals surface area (Å²) in [7, 11) is 1.63. The normalized spacial score (nSPS) is 10.3. The van der Waals surface area contributed by atoms with E-state index in [-0.39, 0.29) is 5.91 Å². The lowest BCUT2D eigenvalue weighted by Gasteiger charge is -2.07. The van der Waals surface area contributed by atoms with Gasteiger partial charge in [-0.15, -0.1) is 0 Å². The van der Waals surface area contributed by atoms with E-state index < -0.39 is 0 Å². The summed E-state index contributed by atoms with van der Waals surface area (Å²) in [5.74, 6) is 0.838.